The van der Waals surface area contributed by atoms with Gasteiger partial charge in [-0.1, -0.05) is 24.3 Å². The van der Waals surface area contributed by atoms with Gasteiger partial charge in [0, 0.05) is 60.8 Å². The van der Waals surface area contributed by atoms with Gasteiger partial charge < -0.3 is 19.5 Å². The van der Waals surface area contributed by atoms with Gasteiger partial charge in [0.25, 0.3) is 0 Å². The fraction of sp³-hybridized carbons (Fsp3) is 0.240. The van der Waals surface area contributed by atoms with E-state index < -0.39 is 0 Å². The summed E-state index contributed by atoms with van der Waals surface area (Å²) in [6, 6.07) is 19.2. The number of aromatic amines is 1. The summed E-state index contributed by atoms with van der Waals surface area (Å²) in [6.07, 6.45) is 3.97. The standard InChI is InChI=1S/C25H26N4O/c1-28-11-13-29(14-12-28)21-7-3-18(4-8-21)20-15-23-24(17-27-25(23)26-16-20)19-5-9-22(30-2)10-6-19/h3-10,15-17H,11-14H2,1-2H3,(H,26,27). The van der Waals surface area contributed by atoms with Crippen LogP contribution in [0, 0.1) is 0 Å². The van der Waals surface area contributed by atoms with Gasteiger partial charge in [0.05, 0.1) is 7.11 Å². The smallest absolute Gasteiger partial charge is 0.137 e. The van der Waals surface area contributed by atoms with Crippen LogP contribution in [0.1, 0.15) is 0 Å². The van der Waals surface area contributed by atoms with Crippen molar-refractivity contribution in [3.05, 3.63) is 67.0 Å². The van der Waals surface area contributed by atoms with Gasteiger partial charge in [-0.2, -0.15) is 0 Å². The molecular weight excluding hydrogens is 372 g/mol. The van der Waals surface area contributed by atoms with Crippen molar-refractivity contribution in [1.29, 1.82) is 0 Å². The predicted octanol–water partition coefficient (Wildman–Crippen LogP) is 4.66. The molecule has 1 aliphatic heterocycles. The second-order valence-corrected chi connectivity index (χ2v) is 7.89. The van der Waals surface area contributed by atoms with Crippen LogP contribution in [0.3, 0.4) is 0 Å². The average Bonchev–Trinajstić information content (AvgIpc) is 3.23. The normalized spacial score (nSPS) is 14.9. The van der Waals surface area contributed by atoms with Crippen molar-refractivity contribution in [2.24, 2.45) is 0 Å². The molecule has 5 rings (SSSR count). The van der Waals surface area contributed by atoms with E-state index in [1.165, 1.54) is 11.3 Å². The van der Waals surface area contributed by atoms with Crippen molar-refractivity contribution in [3.63, 3.8) is 0 Å². The number of nitrogens with zero attached hydrogens (tertiary/aromatic N) is 3. The largest absolute Gasteiger partial charge is 0.497 e. The second kappa shape index (κ2) is 7.84. The molecule has 1 N–H and O–H groups in total. The van der Waals surface area contributed by atoms with Gasteiger partial charge in [-0.05, 0) is 48.5 Å². The Morgan fingerprint density at radius 3 is 2.27 bits per heavy atom. The highest BCUT2D eigenvalue weighted by atomic mass is 16.5. The van der Waals surface area contributed by atoms with E-state index in [-0.39, 0.29) is 0 Å². The summed E-state index contributed by atoms with van der Waals surface area (Å²) in [4.78, 5) is 12.8. The molecular formula is C25H26N4O. The third kappa shape index (κ3) is 3.53. The van der Waals surface area contributed by atoms with E-state index in [2.05, 4.69) is 69.3 Å². The van der Waals surface area contributed by atoms with Crippen LogP contribution in [0.2, 0.25) is 0 Å². The van der Waals surface area contributed by atoms with Gasteiger partial charge in [-0.15, -0.1) is 0 Å². The number of piperazine rings is 1. The number of rotatable bonds is 4. The van der Waals surface area contributed by atoms with Crippen LogP contribution in [0.5, 0.6) is 5.75 Å². The van der Waals surface area contributed by atoms with Gasteiger partial charge in [0.2, 0.25) is 0 Å². The SMILES string of the molecule is COc1ccc(-c2c[nH]c3ncc(-c4ccc(N5CCN(C)CC5)cc4)cc23)cc1. The Morgan fingerprint density at radius 1 is 0.867 bits per heavy atom. The van der Waals surface area contributed by atoms with Gasteiger partial charge in [-0.25, -0.2) is 4.98 Å². The molecule has 5 nitrogen and oxygen atoms in total. The lowest BCUT2D eigenvalue weighted by atomic mass is 10.0. The summed E-state index contributed by atoms with van der Waals surface area (Å²) in [7, 11) is 3.87. The fourth-order valence-corrected chi connectivity index (χ4v) is 4.10. The first-order valence-electron chi connectivity index (χ1n) is 10.4. The number of likely N-dealkylation sites (N-methyl/N-ethyl adjacent to an activating group) is 1. The molecule has 0 radical (unpaired) electrons. The molecule has 5 heteroatoms. The van der Waals surface area contributed by atoms with Gasteiger partial charge >= 0.3 is 0 Å². The van der Waals surface area contributed by atoms with Crippen LogP contribution in [0.15, 0.2) is 67.0 Å². The van der Waals surface area contributed by atoms with E-state index in [1.54, 1.807) is 7.11 Å². The third-order valence-corrected chi connectivity index (χ3v) is 6.00. The lowest BCUT2D eigenvalue weighted by molar-refractivity contribution is 0.313. The highest BCUT2D eigenvalue weighted by Gasteiger charge is 2.14. The number of hydrogen-bond acceptors (Lipinski definition) is 4. The molecule has 3 heterocycles. The number of nitrogens with one attached hydrogen (secondary N) is 1. The molecule has 0 unspecified atom stereocenters. The van der Waals surface area contributed by atoms with Crippen LogP contribution < -0.4 is 9.64 Å². The van der Waals surface area contributed by atoms with E-state index >= 15 is 0 Å². The molecule has 0 aliphatic carbocycles. The fourth-order valence-electron chi connectivity index (χ4n) is 4.10. The Hall–Kier alpha value is -3.31. The van der Waals surface area contributed by atoms with Crippen molar-refractivity contribution in [1.82, 2.24) is 14.9 Å². The van der Waals surface area contributed by atoms with Crippen LogP contribution >= 0.6 is 0 Å². The number of aromatic nitrogens is 2. The molecule has 0 spiro atoms. The number of anilines is 1. The first kappa shape index (κ1) is 18.7. The van der Waals surface area contributed by atoms with Crippen molar-refractivity contribution < 1.29 is 4.74 Å². The van der Waals surface area contributed by atoms with E-state index in [0.29, 0.717) is 0 Å². The van der Waals surface area contributed by atoms with Gasteiger partial charge in [0.1, 0.15) is 11.4 Å². The molecule has 2 aromatic heterocycles. The Balaban J connectivity index is 1.44. The lowest BCUT2D eigenvalue weighted by Crippen LogP contribution is -2.44. The van der Waals surface area contributed by atoms with Crippen molar-refractivity contribution in [2.75, 3.05) is 45.2 Å². The summed E-state index contributed by atoms with van der Waals surface area (Å²) >= 11 is 0. The topological polar surface area (TPSA) is 44.4 Å². The maximum atomic E-state index is 5.28. The quantitative estimate of drug-likeness (QED) is 0.543. The molecule has 1 aliphatic rings. The van der Waals surface area contributed by atoms with Gasteiger partial charge in [0.15, 0.2) is 0 Å². The van der Waals surface area contributed by atoms with Crippen molar-refractivity contribution in [3.8, 4) is 28.0 Å². The highest BCUT2D eigenvalue weighted by molar-refractivity contribution is 5.95. The van der Waals surface area contributed by atoms with Crippen molar-refractivity contribution >= 4 is 16.7 Å². The number of pyridine rings is 1. The summed E-state index contributed by atoms with van der Waals surface area (Å²) in [5.74, 6) is 0.859. The molecule has 1 saturated heterocycles. The first-order valence-corrected chi connectivity index (χ1v) is 10.4. The lowest BCUT2D eigenvalue weighted by Gasteiger charge is -2.34. The highest BCUT2D eigenvalue weighted by Crippen LogP contribution is 2.32. The van der Waals surface area contributed by atoms with Crippen LogP contribution in [0.4, 0.5) is 5.69 Å². The predicted molar refractivity (Wildman–Crippen MR) is 123 cm³/mol. The summed E-state index contributed by atoms with van der Waals surface area (Å²) < 4.78 is 5.28. The molecule has 2 aromatic carbocycles. The monoisotopic (exact) mass is 398 g/mol. The van der Waals surface area contributed by atoms with Crippen LogP contribution in [-0.4, -0.2) is 55.2 Å². The molecule has 30 heavy (non-hydrogen) atoms. The molecule has 0 saturated carbocycles. The summed E-state index contributed by atoms with van der Waals surface area (Å²) in [5, 5.41) is 1.13. The Kier molecular flexibility index (Phi) is 4.89. The zero-order valence-electron chi connectivity index (χ0n) is 17.4. The Bertz CT molecular complexity index is 1140. The van der Waals surface area contributed by atoms with Gasteiger partial charge in [-0.3, -0.25) is 0 Å². The van der Waals surface area contributed by atoms with E-state index in [0.717, 1.165) is 59.7 Å². The van der Waals surface area contributed by atoms with E-state index in [9.17, 15) is 0 Å². The summed E-state index contributed by atoms with van der Waals surface area (Å²) in [5.41, 5.74) is 6.80. The Morgan fingerprint density at radius 2 is 1.57 bits per heavy atom. The zero-order chi connectivity index (χ0) is 20.5. The maximum Gasteiger partial charge on any atom is 0.137 e. The minimum absolute atomic E-state index is 0.859. The number of hydrogen-bond donors (Lipinski definition) is 1. The molecule has 0 atom stereocenters. The van der Waals surface area contributed by atoms with Crippen LogP contribution in [0.25, 0.3) is 33.3 Å². The molecule has 4 aromatic rings. The minimum atomic E-state index is 0.859. The van der Waals surface area contributed by atoms with Crippen LogP contribution in [-0.2, 0) is 0 Å². The second-order valence-electron chi connectivity index (χ2n) is 7.89. The maximum absolute atomic E-state index is 5.28. The van der Waals surface area contributed by atoms with Crippen molar-refractivity contribution in [2.45, 2.75) is 0 Å². The van der Waals surface area contributed by atoms with E-state index in [1.807, 2.05) is 24.5 Å². The number of methoxy groups -OCH3 is 1. The third-order valence-electron chi connectivity index (χ3n) is 6.00. The Labute approximate surface area is 176 Å². The summed E-state index contributed by atoms with van der Waals surface area (Å²) in [6.45, 7) is 4.39. The number of ether oxygens (including phenoxy) is 1. The zero-order valence-corrected chi connectivity index (χ0v) is 17.4. The number of benzene rings is 2. The molecule has 0 bridgehead atoms. The minimum Gasteiger partial charge on any atom is -0.497 e. The average molecular weight is 399 g/mol. The molecule has 0 amide bonds. The van der Waals surface area contributed by atoms with E-state index in [4.69, 9.17) is 4.74 Å². The molecule has 152 valence electrons. The molecule has 1 fully saturated rings. The number of H-pyrrole nitrogens is 1. The number of fused-ring (bicyclic) bond motifs is 1. The first-order chi connectivity index (χ1) is 14.7.